The number of nitrogens with one attached hydrogen (secondary N) is 1. The summed E-state index contributed by atoms with van der Waals surface area (Å²) in [6, 6.07) is 0.507. The van der Waals surface area contributed by atoms with Gasteiger partial charge in [0.05, 0.1) is 5.54 Å². The summed E-state index contributed by atoms with van der Waals surface area (Å²) in [6.07, 6.45) is 4.03. The van der Waals surface area contributed by atoms with Crippen molar-refractivity contribution < 1.29 is 4.79 Å². The van der Waals surface area contributed by atoms with Crippen molar-refractivity contribution in [2.24, 2.45) is 5.73 Å². The third-order valence-corrected chi connectivity index (χ3v) is 5.05. The van der Waals surface area contributed by atoms with E-state index < -0.39 is 5.54 Å². The average Bonchev–Trinajstić information content (AvgIpc) is 2.47. The number of primary amides is 1. The summed E-state index contributed by atoms with van der Waals surface area (Å²) in [4.78, 5) is 16.8. The van der Waals surface area contributed by atoms with Gasteiger partial charge >= 0.3 is 0 Å². The lowest BCUT2D eigenvalue weighted by atomic mass is 9.77. The van der Waals surface area contributed by atoms with Crippen LogP contribution in [0.15, 0.2) is 0 Å². The van der Waals surface area contributed by atoms with Gasteiger partial charge in [0.15, 0.2) is 0 Å². The monoisotopic (exact) mass is 268 g/mol. The number of hydrogen-bond acceptors (Lipinski definition) is 4. The highest BCUT2D eigenvalue weighted by Crippen LogP contribution is 2.31. The molecule has 2 atom stereocenters. The normalized spacial score (nSPS) is 34.3. The Bertz CT molecular complexity index is 315. The molecule has 1 amide bonds. The largest absolute Gasteiger partial charge is 0.368 e. The second kappa shape index (κ2) is 6.20. The van der Waals surface area contributed by atoms with E-state index in [0.717, 1.165) is 52.0 Å². The molecule has 5 heteroatoms. The standard InChI is InChI=1S/C14H28N4O/c1-3-17-7-9-18(10-8-17)12-5-4-6-14(11-12,16-2)13(15)19/h12,16H,3-11H2,1-2H3,(H2,15,19). The van der Waals surface area contributed by atoms with Crippen molar-refractivity contribution in [3.63, 3.8) is 0 Å². The van der Waals surface area contributed by atoms with Gasteiger partial charge in [0.1, 0.15) is 0 Å². The van der Waals surface area contributed by atoms with Gasteiger partial charge < -0.3 is 16.0 Å². The van der Waals surface area contributed by atoms with Crippen LogP contribution in [0.1, 0.15) is 32.6 Å². The predicted molar refractivity (Wildman–Crippen MR) is 76.9 cm³/mol. The zero-order valence-corrected chi connectivity index (χ0v) is 12.3. The van der Waals surface area contributed by atoms with Crippen LogP contribution in [0.3, 0.4) is 0 Å². The number of carbonyl (C=O) groups excluding carboxylic acids is 1. The van der Waals surface area contributed by atoms with Crippen LogP contribution < -0.4 is 11.1 Å². The highest BCUT2D eigenvalue weighted by Gasteiger charge is 2.42. The highest BCUT2D eigenvalue weighted by molar-refractivity contribution is 5.84. The molecule has 1 aliphatic carbocycles. The lowest BCUT2D eigenvalue weighted by molar-refractivity contribution is -0.126. The van der Waals surface area contributed by atoms with Gasteiger partial charge in [0.25, 0.3) is 0 Å². The number of amides is 1. The zero-order valence-electron chi connectivity index (χ0n) is 12.3. The molecule has 1 saturated carbocycles. The van der Waals surface area contributed by atoms with E-state index in [-0.39, 0.29) is 5.91 Å². The molecule has 5 nitrogen and oxygen atoms in total. The van der Waals surface area contributed by atoms with Gasteiger partial charge in [-0.15, -0.1) is 0 Å². The first-order chi connectivity index (χ1) is 9.11. The lowest BCUT2D eigenvalue weighted by Crippen LogP contribution is -2.61. The first-order valence-corrected chi connectivity index (χ1v) is 7.56. The summed E-state index contributed by atoms with van der Waals surface area (Å²) in [7, 11) is 1.86. The van der Waals surface area contributed by atoms with E-state index in [1.807, 2.05) is 7.05 Å². The third kappa shape index (κ3) is 3.09. The minimum absolute atomic E-state index is 0.188. The smallest absolute Gasteiger partial charge is 0.237 e. The zero-order chi connectivity index (χ0) is 13.9. The van der Waals surface area contributed by atoms with Crippen LogP contribution in [0, 0.1) is 0 Å². The van der Waals surface area contributed by atoms with E-state index in [0.29, 0.717) is 6.04 Å². The summed E-state index contributed by atoms with van der Waals surface area (Å²) < 4.78 is 0. The van der Waals surface area contributed by atoms with Gasteiger partial charge in [0, 0.05) is 32.2 Å². The Hall–Kier alpha value is -0.650. The fourth-order valence-corrected chi connectivity index (χ4v) is 3.58. The van der Waals surface area contributed by atoms with E-state index in [1.54, 1.807) is 0 Å². The molecule has 1 saturated heterocycles. The van der Waals surface area contributed by atoms with Crippen molar-refractivity contribution in [2.45, 2.75) is 44.2 Å². The summed E-state index contributed by atoms with van der Waals surface area (Å²) >= 11 is 0. The summed E-state index contributed by atoms with van der Waals surface area (Å²) in [5.41, 5.74) is 5.14. The van der Waals surface area contributed by atoms with Crippen LogP contribution in [-0.4, -0.2) is 67.1 Å². The number of hydrogen-bond donors (Lipinski definition) is 2. The van der Waals surface area contributed by atoms with E-state index >= 15 is 0 Å². The molecule has 2 aliphatic rings. The quantitative estimate of drug-likeness (QED) is 0.754. The fourth-order valence-electron chi connectivity index (χ4n) is 3.58. The first kappa shape index (κ1) is 14.8. The summed E-state index contributed by atoms with van der Waals surface area (Å²) in [5.74, 6) is -0.188. The van der Waals surface area contributed by atoms with Crippen LogP contribution in [0.25, 0.3) is 0 Å². The molecule has 0 aromatic carbocycles. The minimum Gasteiger partial charge on any atom is -0.368 e. The molecule has 0 spiro atoms. The van der Waals surface area contributed by atoms with Crippen LogP contribution in [0.5, 0.6) is 0 Å². The molecule has 0 aromatic rings. The topological polar surface area (TPSA) is 61.6 Å². The van der Waals surface area contributed by atoms with E-state index in [2.05, 4.69) is 22.0 Å². The van der Waals surface area contributed by atoms with Crippen molar-refractivity contribution in [1.29, 1.82) is 0 Å². The second-order valence-electron chi connectivity index (χ2n) is 5.92. The van der Waals surface area contributed by atoms with Gasteiger partial charge in [-0.05, 0) is 39.3 Å². The molecule has 0 aromatic heterocycles. The van der Waals surface area contributed by atoms with E-state index in [4.69, 9.17) is 5.73 Å². The average molecular weight is 268 g/mol. The predicted octanol–water partition coefficient (Wildman–Crippen LogP) is 0.0100. The molecule has 1 aliphatic heterocycles. The van der Waals surface area contributed by atoms with E-state index in [9.17, 15) is 4.79 Å². The molecule has 2 fully saturated rings. The number of piperazine rings is 1. The molecular weight excluding hydrogens is 240 g/mol. The van der Waals surface area contributed by atoms with Crippen molar-refractivity contribution >= 4 is 5.91 Å². The molecule has 110 valence electrons. The number of nitrogens with two attached hydrogens (primary N) is 1. The molecule has 1 heterocycles. The highest BCUT2D eigenvalue weighted by atomic mass is 16.1. The summed E-state index contributed by atoms with van der Waals surface area (Å²) in [5, 5.41) is 3.19. The Balaban J connectivity index is 1.96. The minimum atomic E-state index is -0.481. The molecule has 19 heavy (non-hydrogen) atoms. The Kier molecular flexibility index (Phi) is 4.81. The lowest BCUT2D eigenvalue weighted by Gasteiger charge is -2.45. The fraction of sp³-hybridized carbons (Fsp3) is 0.929. The Morgan fingerprint density at radius 1 is 1.37 bits per heavy atom. The van der Waals surface area contributed by atoms with Gasteiger partial charge in [-0.25, -0.2) is 0 Å². The van der Waals surface area contributed by atoms with Crippen molar-refractivity contribution in [1.82, 2.24) is 15.1 Å². The third-order valence-electron chi connectivity index (χ3n) is 5.05. The van der Waals surface area contributed by atoms with Crippen LogP contribution in [0.4, 0.5) is 0 Å². The van der Waals surface area contributed by atoms with Crippen LogP contribution in [0.2, 0.25) is 0 Å². The van der Waals surface area contributed by atoms with Crippen molar-refractivity contribution in [3.05, 3.63) is 0 Å². The molecule has 0 bridgehead atoms. The molecular formula is C14H28N4O. The Labute approximate surface area is 116 Å². The molecule has 0 radical (unpaired) electrons. The van der Waals surface area contributed by atoms with Gasteiger partial charge in [0.2, 0.25) is 5.91 Å². The maximum atomic E-state index is 11.8. The van der Waals surface area contributed by atoms with E-state index in [1.165, 1.54) is 6.42 Å². The van der Waals surface area contributed by atoms with Gasteiger partial charge in [-0.3, -0.25) is 9.69 Å². The number of rotatable bonds is 4. The maximum absolute atomic E-state index is 11.8. The molecule has 2 rings (SSSR count). The first-order valence-electron chi connectivity index (χ1n) is 7.56. The molecule has 3 N–H and O–H groups in total. The van der Waals surface area contributed by atoms with Crippen LogP contribution >= 0.6 is 0 Å². The second-order valence-corrected chi connectivity index (χ2v) is 5.92. The molecule has 2 unspecified atom stereocenters. The summed E-state index contributed by atoms with van der Waals surface area (Å²) in [6.45, 7) is 7.90. The van der Waals surface area contributed by atoms with Crippen molar-refractivity contribution in [2.75, 3.05) is 39.8 Å². The number of likely N-dealkylation sites (N-methyl/N-ethyl adjacent to an activating group) is 2. The van der Waals surface area contributed by atoms with Gasteiger partial charge in [-0.2, -0.15) is 0 Å². The number of nitrogens with zero attached hydrogens (tertiary/aromatic N) is 2. The number of carbonyl (C=O) groups is 1. The Morgan fingerprint density at radius 2 is 2.05 bits per heavy atom. The van der Waals surface area contributed by atoms with Gasteiger partial charge in [-0.1, -0.05) is 6.92 Å². The SMILES string of the molecule is CCN1CCN(C2CCCC(NC)(C(N)=O)C2)CC1. The maximum Gasteiger partial charge on any atom is 0.237 e. The Morgan fingerprint density at radius 3 is 2.58 bits per heavy atom. The van der Waals surface area contributed by atoms with Crippen molar-refractivity contribution in [3.8, 4) is 0 Å². The van der Waals surface area contributed by atoms with Crippen LogP contribution in [-0.2, 0) is 4.79 Å².